The maximum atomic E-state index is 11.2. The minimum atomic E-state index is -0.508. The van der Waals surface area contributed by atoms with Crippen molar-refractivity contribution in [2.24, 2.45) is 5.92 Å². The van der Waals surface area contributed by atoms with Gasteiger partial charge in [-0.3, -0.25) is 10.1 Å². The summed E-state index contributed by atoms with van der Waals surface area (Å²) in [6, 6.07) is 0. The Hall–Kier alpha value is -1.92. The first-order valence-corrected chi connectivity index (χ1v) is 6.85. The lowest BCUT2D eigenvalue weighted by Gasteiger charge is -2.11. The van der Waals surface area contributed by atoms with Crippen molar-refractivity contribution >= 4 is 11.5 Å². The van der Waals surface area contributed by atoms with Crippen molar-refractivity contribution in [2.75, 3.05) is 19.0 Å². The van der Waals surface area contributed by atoms with Crippen molar-refractivity contribution < 1.29 is 9.66 Å². The fraction of sp³-hybridized carbons (Fsp3) is 0.692. The molecule has 1 heterocycles. The summed E-state index contributed by atoms with van der Waals surface area (Å²) in [7, 11) is 1.60. The molecule has 112 valence electrons. The van der Waals surface area contributed by atoms with Crippen LogP contribution in [0.15, 0.2) is 0 Å². The van der Waals surface area contributed by atoms with Crippen LogP contribution in [0.2, 0.25) is 0 Å². The topological polar surface area (TPSA) is 90.2 Å². The average molecular weight is 282 g/mol. The van der Waals surface area contributed by atoms with Crippen LogP contribution in [0.4, 0.5) is 11.5 Å². The summed E-state index contributed by atoms with van der Waals surface area (Å²) in [5.41, 5.74) is -0.198. The number of hydrogen-bond donors (Lipinski definition) is 1. The molecule has 0 saturated carbocycles. The van der Waals surface area contributed by atoms with E-state index in [2.05, 4.69) is 15.3 Å². The van der Waals surface area contributed by atoms with Crippen molar-refractivity contribution in [1.29, 1.82) is 0 Å². The number of nitrogens with zero attached hydrogens (tertiary/aromatic N) is 3. The minimum absolute atomic E-state index is 0.0541. The van der Waals surface area contributed by atoms with Crippen LogP contribution in [0, 0.1) is 16.0 Å². The molecule has 1 aromatic rings. The van der Waals surface area contributed by atoms with Gasteiger partial charge in [0, 0.05) is 13.5 Å². The molecule has 0 spiro atoms. The Balaban J connectivity index is 3.15. The number of hydrogen-bond acceptors (Lipinski definition) is 6. The van der Waals surface area contributed by atoms with Gasteiger partial charge >= 0.3 is 5.69 Å². The number of nitro groups is 1. The molecule has 1 aromatic heterocycles. The molecule has 0 radical (unpaired) electrons. The first-order chi connectivity index (χ1) is 9.49. The van der Waals surface area contributed by atoms with Gasteiger partial charge < -0.3 is 10.1 Å². The van der Waals surface area contributed by atoms with Crippen molar-refractivity contribution in [3.05, 3.63) is 15.9 Å². The summed E-state index contributed by atoms with van der Waals surface area (Å²) in [5.74, 6) is 1.18. The molecule has 7 heteroatoms. The fourth-order valence-corrected chi connectivity index (χ4v) is 1.69. The van der Waals surface area contributed by atoms with Gasteiger partial charge in [0.25, 0.3) is 5.88 Å². The molecule has 0 amide bonds. The van der Waals surface area contributed by atoms with E-state index in [1.807, 2.05) is 20.8 Å². The largest absolute Gasteiger partial charge is 0.473 e. The molecular weight excluding hydrogens is 260 g/mol. The highest BCUT2D eigenvalue weighted by atomic mass is 16.6. The third-order valence-electron chi connectivity index (χ3n) is 2.65. The number of unbranched alkanes of at least 4 members (excludes halogenated alkanes) is 1. The average Bonchev–Trinajstić information content (AvgIpc) is 2.37. The first kappa shape index (κ1) is 16.1. The predicted molar refractivity (Wildman–Crippen MR) is 77.2 cm³/mol. The molecule has 0 saturated heterocycles. The maximum Gasteiger partial charge on any atom is 0.372 e. The van der Waals surface area contributed by atoms with Crippen LogP contribution in [0.1, 0.15) is 39.4 Å². The lowest BCUT2D eigenvalue weighted by molar-refractivity contribution is -0.385. The van der Waals surface area contributed by atoms with Crippen molar-refractivity contribution in [3.8, 4) is 5.88 Å². The van der Waals surface area contributed by atoms with Crippen LogP contribution in [0.5, 0.6) is 5.88 Å². The van der Waals surface area contributed by atoms with Crippen LogP contribution in [0.25, 0.3) is 0 Å². The van der Waals surface area contributed by atoms with Gasteiger partial charge in [0.2, 0.25) is 5.82 Å². The Morgan fingerprint density at radius 3 is 2.60 bits per heavy atom. The van der Waals surface area contributed by atoms with Crippen LogP contribution in [-0.4, -0.2) is 28.5 Å². The van der Waals surface area contributed by atoms with E-state index in [0.717, 1.165) is 12.8 Å². The predicted octanol–water partition coefficient (Wildman–Crippen LogP) is 2.80. The van der Waals surface area contributed by atoms with Gasteiger partial charge in [-0.2, -0.15) is 4.98 Å². The molecule has 0 atom stereocenters. The third-order valence-corrected chi connectivity index (χ3v) is 2.65. The van der Waals surface area contributed by atoms with E-state index in [9.17, 15) is 10.1 Å². The summed E-state index contributed by atoms with van der Waals surface area (Å²) >= 11 is 0. The Kier molecular flexibility index (Phi) is 6.14. The molecule has 0 unspecified atom stereocenters. The Morgan fingerprint density at radius 1 is 1.40 bits per heavy atom. The van der Waals surface area contributed by atoms with E-state index >= 15 is 0 Å². The summed E-state index contributed by atoms with van der Waals surface area (Å²) in [6.45, 7) is 6.53. The first-order valence-electron chi connectivity index (χ1n) is 6.85. The van der Waals surface area contributed by atoms with Crippen LogP contribution in [0.3, 0.4) is 0 Å². The maximum absolute atomic E-state index is 11.2. The lowest BCUT2D eigenvalue weighted by atomic mass is 10.1. The van der Waals surface area contributed by atoms with E-state index in [1.54, 1.807) is 7.05 Å². The zero-order chi connectivity index (χ0) is 15.1. The van der Waals surface area contributed by atoms with Crippen molar-refractivity contribution in [1.82, 2.24) is 9.97 Å². The van der Waals surface area contributed by atoms with Crippen molar-refractivity contribution in [2.45, 2.75) is 40.0 Å². The Bertz CT molecular complexity index is 463. The molecule has 0 aliphatic rings. The second-order valence-corrected chi connectivity index (χ2v) is 4.95. The van der Waals surface area contributed by atoms with Gasteiger partial charge in [0.1, 0.15) is 5.82 Å². The number of aromatic nitrogens is 2. The quantitative estimate of drug-likeness (QED) is 0.448. The Morgan fingerprint density at radius 2 is 2.10 bits per heavy atom. The van der Waals surface area contributed by atoms with Gasteiger partial charge in [-0.25, -0.2) is 4.98 Å². The fourth-order valence-electron chi connectivity index (χ4n) is 1.69. The third kappa shape index (κ3) is 4.32. The zero-order valence-electron chi connectivity index (χ0n) is 12.5. The van der Waals surface area contributed by atoms with E-state index < -0.39 is 4.92 Å². The summed E-state index contributed by atoms with van der Waals surface area (Å²) in [6.07, 6.45) is 2.43. The smallest absolute Gasteiger partial charge is 0.372 e. The van der Waals surface area contributed by atoms with E-state index in [-0.39, 0.29) is 17.4 Å². The van der Waals surface area contributed by atoms with E-state index in [1.165, 1.54) is 0 Å². The SMILES string of the molecule is CCCCOc1nc(CC(C)C)nc(NC)c1[N+](=O)[O-]. The van der Waals surface area contributed by atoms with Gasteiger partial charge in [-0.1, -0.05) is 27.2 Å². The number of ether oxygens (including phenoxy) is 1. The molecule has 1 N–H and O–H groups in total. The lowest BCUT2D eigenvalue weighted by Crippen LogP contribution is -2.11. The van der Waals surface area contributed by atoms with Gasteiger partial charge in [0.05, 0.1) is 11.5 Å². The molecule has 0 aromatic carbocycles. The number of anilines is 1. The molecule has 0 bridgehead atoms. The molecule has 0 fully saturated rings. The molecule has 20 heavy (non-hydrogen) atoms. The summed E-state index contributed by atoms with van der Waals surface area (Å²) in [4.78, 5) is 19.1. The van der Waals surface area contributed by atoms with Crippen LogP contribution >= 0.6 is 0 Å². The monoisotopic (exact) mass is 282 g/mol. The summed E-state index contributed by atoms with van der Waals surface area (Å²) < 4.78 is 5.47. The summed E-state index contributed by atoms with van der Waals surface area (Å²) in [5, 5.41) is 13.9. The van der Waals surface area contributed by atoms with Crippen LogP contribution < -0.4 is 10.1 Å². The number of nitrogens with one attached hydrogen (secondary N) is 1. The highest BCUT2D eigenvalue weighted by Crippen LogP contribution is 2.32. The van der Waals surface area contributed by atoms with E-state index in [0.29, 0.717) is 24.8 Å². The number of rotatable bonds is 8. The molecule has 1 rings (SSSR count). The second-order valence-electron chi connectivity index (χ2n) is 4.95. The van der Waals surface area contributed by atoms with Gasteiger partial charge in [-0.15, -0.1) is 0 Å². The molecular formula is C13H22N4O3. The highest BCUT2D eigenvalue weighted by molar-refractivity contribution is 5.61. The normalized spacial score (nSPS) is 10.7. The second kappa shape index (κ2) is 7.62. The minimum Gasteiger partial charge on any atom is -0.473 e. The van der Waals surface area contributed by atoms with Gasteiger partial charge in [0.15, 0.2) is 0 Å². The highest BCUT2D eigenvalue weighted by Gasteiger charge is 2.25. The molecule has 0 aliphatic carbocycles. The van der Waals surface area contributed by atoms with Gasteiger partial charge in [-0.05, 0) is 12.3 Å². The molecule has 0 aliphatic heterocycles. The van der Waals surface area contributed by atoms with Crippen LogP contribution in [-0.2, 0) is 6.42 Å². The van der Waals surface area contributed by atoms with Crippen molar-refractivity contribution in [3.63, 3.8) is 0 Å². The standard InChI is InChI=1S/C13H22N4O3/c1-5-6-7-20-13-11(17(18)19)12(14-4)15-10(16-13)8-9(2)3/h9H,5-8H2,1-4H3,(H,14,15,16). The van der Waals surface area contributed by atoms with E-state index in [4.69, 9.17) is 4.74 Å². The Labute approximate surface area is 118 Å². The molecule has 7 nitrogen and oxygen atoms in total. The zero-order valence-corrected chi connectivity index (χ0v) is 12.5.